The van der Waals surface area contributed by atoms with Gasteiger partial charge in [0.2, 0.25) is 0 Å². The van der Waals surface area contributed by atoms with Crippen LogP contribution in [0.25, 0.3) is 0 Å². The molecule has 0 N–H and O–H groups in total. The summed E-state index contributed by atoms with van der Waals surface area (Å²) < 4.78 is 9.81. The average Bonchev–Trinajstić information content (AvgIpc) is 2.81. The molecule has 1 radical (unpaired) electrons. The summed E-state index contributed by atoms with van der Waals surface area (Å²) >= 11 is 0. The second-order valence-corrected chi connectivity index (χ2v) is 9.65. The van der Waals surface area contributed by atoms with Crippen LogP contribution in [0.5, 0.6) is 0 Å². The maximum absolute atomic E-state index is 11.7. The summed E-state index contributed by atoms with van der Waals surface area (Å²) in [5, 5.41) is 0. The van der Waals surface area contributed by atoms with Crippen LogP contribution in [0.2, 0.25) is 0 Å². The lowest BCUT2D eigenvalue weighted by molar-refractivity contribution is -0.156. The molecule has 0 unspecified atom stereocenters. The summed E-state index contributed by atoms with van der Waals surface area (Å²) in [6.45, 7) is 5.42. The van der Waals surface area contributed by atoms with E-state index in [0.29, 0.717) is 12.8 Å². The van der Waals surface area contributed by atoms with Crippen LogP contribution < -0.4 is 0 Å². The Morgan fingerprint density at radius 3 is 0.939 bits per heavy atom. The first-order chi connectivity index (χ1) is 16.2. The van der Waals surface area contributed by atoms with E-state index in [4.69, 9.17) is 9.47 Å². The Morgan fingerprint density at radius 1 is 0.424 bits per heavy atom. The molecule has 4 nitrogen and oxygen atoms in total. The molecule has 0 aliphatic rings. The Labute approximate surface area is 206 Å². The maximum atomic E-state index is 11.7. The summed E-state index contributed by atoms with van der Waals surface area (Å²) in [4.78, 5) is 23.4. The molecule has 0 saturated heterocycles. The third kappa shape index (κ3) is 27.1. The molecule has 4 heteroatoms. The van der Waals surface area contributed by atoms with E-state index in [1.54, 1.807) is 0 Å². The molecular formula is C29H55O4. The number of unbranched alkanes of at least 4 members (excludes halogenated alkanes) is 20. The van der Waals surface area contributed by atoms with E-state index in [1.807, 2.05) is 0 Å². The summed E-state index contributed by atoms with van der Waals surface area (Å²) in [5.41, 5.74) is 0. The normalized spacial score (nSPS) is 11.0. The van der Waals surface area contributed by atoms with Crippen molar-refractivity contribution in [1.82, 2.24) is 0 Å². The molecule has 0 fully saturated rings. The van der Waals surface area contributed by atoms with Gasteiger partial charge < -0.3 is 9.47 Å². The summed E-state index contributed by atoms with van der Waals surface area (Å²) in [5.74, 6) is -0.623. The fraction of sp³-hybridized carbons (Fsp3) is 0.897. The second kappa shape index (κ2) is 27.2. The van der Waals surface area contributed by atoms with Crippen molar-refractivity contribution < 1.29 is 19.1 Å². The molecule has 0 aromatic carbocycles. The van der Waals surface area contributed by atoms with Crippen LogP contribution in [0.4, 0.5) is 0 Å². The van der Waals surface area contributed by atoms with Crippen molar-refractivity contribution in [3.63, 3.8) is 0 Å². The van der Waals surface area contributed by atoms with Gasteiger partial charge in [-0.15, -0.1) is 0 Å². The molecule has 0 aliphatic carbocycles. The SMILES string of the molecule is CCCCCCCCCCCCCC(=O)O[CH]OC(=O)CCCCCCCCCCCCC. The topological polar surface area (TPSA) is 52.6 Å². The number of hydrogen-bond acceptors (Lipinski definition) is 4. The van der Waals surface area contributed by atoms with E-state index < -0.39 is 0 Å². The van der Waals surface area contributed by atoms with Crippen LogP contribution in [-0.2, 0) is 19.1 Å². The zero-order chi connectivity index (χ0) is 24.2. The van der Waals surface area contributed by atoms with Gasteiger partial charge in [-0.25, -0.2) is 0 Å². The molecule has 0 bridgehead atoms. The molecule has 33 heavy (non-hydrogen) atoms. The molecule has 195 valence electrons. The van der Waals surface area contributed by atoms with Gasteiger partial charge in [0, 0.05) is 12.8 Å². The van der Waals surface area contributed by atoms with Gasteiger partial charge in [0.15, 0.2) is 0 Å². The van der Waals surface area contributed by atoms with Crippen molar-refractivity contribution >= 4 is 11.9 Å². The molecule has 0 rings (SSSR count). The lowest BCUT2D eigenvalue weighted by atomic mass is 10.1. The highest BCUT2D eigenvalue weighted by Crippen LogP contribution is 2.13. The standard InChI is InChI=1S/C29H55O4/c1-3-5-7-9-11-13-15-17-19-21-23-25-28(30)32-27-33-29(31)26-24-22-20-18-16-14-12-10-8-6-4-2/h27H,3-26H2,1-2H3. The molecular weight excluding hydrogens is 412 g/mol. The van der Waals surface area contributed by atoms with Gasteiger partial charge in [-0.2, -0.15) is 0 Å². The molecule has 0 saturated carbocycles. The van der Waals surface area contributed by atoms with Crippen LogP contribution >= 0.6 is 0 Å². The minimum Gasteiger partial charge on any atom is -0.417 e. The first-order valence-electron chi connectivity index (χ1n) is 14.4. The fourth-order valence-corrected chi connectivity index (χ4v) is 4.12. The first-order valence-corrected chi connectivity index (χ1v) is 14.4. The van der Waals surface area contributed by atoms with E-state index in [0.717, 1.165) is 32.5 Å². The number of carbonyl (C=O) groups excluding carboxylic acids is 2. The Kier molecular flexibility index (Phi) is 26.3. The van der Waals surface area contributed by atoms with Crippen LogP contribution in [0.15, 0.2) is 0 Å². The van der Waals surface area contributed by atoms with Crippen LogP contribution in [0.3, 0.4) is 0 Å². The smallest absolute Gasteiger partial charge is 0.320 e. The van der Waals surface area contributed by atoms with Gasteiger partial charge >= 0.3 is 18.7 Å². The van der Waals surface area contributed by atoms with Crippen molar-refractivity contribution in [2.75, 3.05) is 0 Å². The molecule has 0 amide bonds. The van der Waals surface area contributed by atoms with Crippen molar-refractivity contribution in [3.05, 3.63) is 6.79 Å². The predicted octanol–water partition coefficient (Wildman–Crippen LogP) is 9.59. The minimum absolute atomic E-state index is 0.312. The van der Waals surface area contributed by atoms with Gasteiger partial charge in [-0.1, -0.05) is 142 Å². The van der Waals surface area contributed by atoms with Gasteiger partial charge in [-0.05, 0) is 12.8 Å². The van der Waals surface area contributed by atoms with E-state index in [-0.39, 0.29) is 11.9 Å². The highest BCUT2D eigenvalue weighted by molar-refractivity contribution is 5.71. The number of rotatable bonds is 26. The van der Waals surface area contributed by atoms with E-state index in [2.05, 4.69) is 13.8 Å². The largest absolute Gasteiger partial charge is 0.417 e. The summed E-state index contributed by atoms with van der Waals surface area (Å²) in [6, 6.07) is 0. The molecule has 0 aromatic heterocycles. The molecule has 0 aliphatic heterocycles. The zero-order valence-corrected chi connectivity index (χ0v) is 22.2. The number of hydrogen-bond donors (Lipinski definition) is 0. The van der Waals surface area contributed by atoms with Crippen molar-refractivity contribution in [2.45, 2.75) is 168 Å². The summed E-state index contributed by atoms with van der Waals surface area (Å²) in [7, 11) is 0. The maximum Gasteiger partial charge on any atom is 0.320 e. The minimum atomic E-state index is -0.312. The number of carbonyl (C=O) groups is 2. The Bertz CT molecular complexity index is 384. The first kappa shape index (κ1) is 31.9. The molecule has 0 atom stereocenters. The van der Waals surface area contributed by atoms with Crippen molar-refractivity contribution in [2.24, 2.45) is 0 Å². The van der Waals surface area contributed by atoms with Crippen molar-refractivity contribution in [1.29, 1.82) is 0 Å². The zero-order valence-electron chi connectivity index (χ0n) is 22.2. The van der Waals surface area contributed by atoms with Crippen LogP contribution in [0, 0.1) is 6.79 Å². The number of ether oxygens (including phenoxy) is 2. The highest BCUT2D eigenvalue weighted by atomic mass is 16.7. The lowest BCUT2D eigenvalue weighted by Crippen LogP contribution is -2.08. The molecule has 0 heterocycles. The Morgan fingerprint density at radius 2 is 0.667 bits per heavy atom. The van der Waals surface area contributed by atoms with Crippen molar-refractivity contribution in [3.8, 4) is 0 Å². The number of esters is 2. The lowest BCUT2D eigenvalue weighted by Gasteiger charge is -2.06. The van der Waals surface area contributed by atoms with E-state index >= 15 is 0 Å². The Hall–Kier alpha value is -1.06. The molecule has 0 spiro atoms. The average molecular weight is 468 g/mol. The van der Waals surface area contributed by atoms with Crippen LogP contribution in [-0.4, -0.2) is 11.9 Å². The van der Waals surface area contributed by atoms with E-state index in [9.17, 15) is 9.59 Å². The van der Waals surface area contributed by atoms with E-state index in [1.165, 1.54) is 116 Å². The fourth-order valence-electron chi connectivity index (χ4n) is 4.12. The predicted molar refractivity (Wildman–Crippen MR) is 139 cm³/mol. The third-order valence-electron chi connectivity index (χ3n) is 6.33. The monoisotopic (exact) mass is 467 g/mol. The quantitative estimate of drug-likeness (QED) is 0.0938. The van der Waals surface area contributed by atoms with Gasteiger partial charge in [0.05, 0.1) is 0 Å². The van der Waals surface area contributed by atoms with Gasteiger partial charge in [-0.3, -0.25) is 9.59 Å². The second-order valence-electron chi connectivity index (χ2n) is 9.65. The highest BCUT2D eigenvalue weighted by Gasteiger charge is 2.07. The van der Waals surface area contributed by atoms with Gasteiger partial charge in [0.1, 0.15) is 0 Å². The summed E-state index contributed by atoms with van der Waals surface area (Å²) in [6.07, 6.45) is 28.3. The van der Waals surface area contributed by atoms with Crippen LogP contribution in [0.1, 0.15) is 168 Å². The molecule has 0 aromatic rings. The Balaban J connectivity index is 3.29. The third-order valence-corrected chi connectivity index (χ3v) is 6.33. The van der Waals surface area contributed by atoms with Gasteiger partial charge in [0.25, 0.3) is 0 Å².